The van der Waals surface area contributed by atoms with Crippen LogP contribution in [0.15, 0.2) is 34.7 Å². The van der Waals surface area contributed by atoms with Crippen molar-refractivity contribution in [1.82, 2.24) is 14.7 Å². The highest BCUT2D eigenvalue weighted by molar-refractivity contribution is 7.15. The van der Waals surface area contributed by atoms with Gasteiger partial charge in [-0.05, 0) is 0 Å². The number of rotatable bonds is 4. The maximum Gasteiger partial charge on any atom is 0.328 e. The Kier molecular flexibility index (Phi) is 3.71. The molecule has 2 N–H and O–H groups in total. The largest absolute Gasteiger partial charge is 0.478 e. The number of aromatic nitrogens is 2. The van der Waals surface area contributed by atoms with E-state index in [0.717, 1.165) is 6.08 Å². The summed E-state index contributed by atoms with van der Waals surface area (Å²) in [6.07, 6.45) is 4.93. The van der Waals surface area contributed by atoms with Gasteiger partial charge in [0.05, 0.1) is 0 Å². The van der Waals surface area contributed by atoms with Crippen molar-refractivity contribution in [3.63, 3.8) is 0 Å². The van der Waals surface area contributed by atoms with E-state index < -0.39 is 17.4 Å². The van der Waals surface area contributed by atoms with Gasteiger partial charge in [-0.3, -0.25) is 14.0 Å². The first-order valence-corrected chi connectivity index (χ1v) is 6.10. The lowest BCUT2D eigenvalue weighted by Gasteiger charge is -2.01. The Morgan fingerprint density at radius 2 is 2.32 bits per heavy atom. The zero-order valence-corrected chi connectivity index (χ0v) is 10.4. The molecule has 0 atom stereocenters. The summed E-state index contributed by atoms with van der Waals surface area (Å²) in [6.45, 7) is 0.0247. The fourth-order valence-corrected chi connectivity index (χ4v) is 2.06. The fraction of sp³-hybridized carbons (Fsp3) is 0.0909. The summed E-state index contributed by atoms with van der Waals surface area (Å²) in [6, 6.07) is 0. The molecule has 2 aromatic rings. The second-order valence-electron chi connectivity index (χ2n) is 3.48. The molecule has 2 heterocycles. The number of aliphatic carboxylic acids is 1. The third kappa shape index (κ3) is 2.86. The van der Waals surface area contributed by atoms with Crippen molar-refractivity contribution in [3.05, 3.63) is 45.8 Å². The standard InChI is InChI=1S/C11H9N3O4S/c15-8(16)2-1-3-12-9(17)7-6-13-11-14(10(7)18)4-5-19-11/h1-2,4-6H,3H2,(H,12,17)(H,15,16)/b2-1+. The molecule has 1 amide bonds. The predicted octanol–water partition coefficient (Wildman–Crippen LogP) is 0.127. The van der Waals surface area contributed by atoms with Crippen LogP contribution in [0.1, 0.15) is 10.4 Å². The summed E-state index contributed by atoms with van der Waals surface area (Å²) in [5.74, 6) is -1.69. The summed E-state index contributed by atoms with van der Waals surface area (Å²) >= 11 is 1.29. The van der Waals surface area contributed by atoms with Crippen LogP contribution >= 0.6 is 11.3 Å². The van der Waals surface area contributed by atoms with Crippen molar-refractivity contribution < 1.29 is 14.7 Å². The predicted molar refractivity (Wildman–Crippen MR) is 68.4 cm³/mol. The van der Waals surface area contributed by atoms with Gasteiger partial charge in [-0.2, -0.15) is 0 Å². The molecular formula is C11H9N3O4S. The molecule has 0 spiro atoms. The summed E-state index contributed by atoms with van der Waals surface area (Å²) in [5, 5.41) is 12.5. The Hall–Kier alpha value is -2.48. The van der Waals surface area contributed by atoms with Crippen molar-refractivity contribution in [1.29, 1.82) is 0 Å². The Bertz CT molecular complexity index is 716. The molecule has 0 saturated carbocycles. The molecule has 0 radical (unpaired) electrons. The van der Waals surface area contributed by atoms with Crippen molar-refractivity contribution >= 4 is 28.2 Å². The number of carbonyl (C=O) groups excluding carboxylic acids is 1. The van der Waals surface area contributed by atoms with Crippen LogP contribution in [-0.4, -0.2) is 32.9 Å². The monoisotopic (exact) mass is 279 g/mol. The number of carbonyl (C=O) groups is 2. The molecule has 0 fully saturated rings. The van der Waals surface area contributed by atoms with Gasteiger partial charge in [-0.25, -0.2) is 9.78 Å². The molecule has 7 nitrogen and oxygen atoms in total. The zero-order chi connectivity index (χ0) is 13.8. The highest BCUT2D eigenvalue weighted by Gasteiger charge is 2.12. The van der Waals surface area contributed by atoms with E-state index >= 15 is 0 Å². The van der Waals surface area contributed by atoms with Crippen LogP contribution in [0.5, 0.6) is 0 Å². The smallest absolute Gasteiger partial charge is 0.328 e. The topological polar surface area (TPSA) is 101 Å². The minimum atomic E-state index is -1.10. The number of thiazole rings is 1. The average molecular weight is 279 g/mol. The lowest BCUT2D eigenvalue weighted by Crippen LogP contribution is -2.31. The average Bonchev–Trinajstić information content (AvgIpc) is 2.83. The highest BCUT2D eigenvalue weighted by atomic mass is 32.1. The maximum atomic E-state index is 11.9. The third-order valence-electron chi connectivity index (χ3n) is 2.23. The maximum absolute atomic E-state index is 11.9. The SMILES string of the molecule is O=C(O)/C=C/CNC(=O)c1cnc2sccn2c1=O. The van der Waals surface area contributed by atoms with Crippen LogP contribution in [0.25, 0.3) is 4.96 Å². The first-order valence-electron chi connectivity index (χ1n) is 5.22. The lowest BCUT2D eigenvalue weighted by molar-refractivity contribution is -0.131. The quantitative estimate of drug-likeness (QED) is 0.774. The molecule has 0 unspecified atom stereocenters. The number of nitrogens with one attached hydrogen (secondary N) is 1. The number of hydrogen-bond acceptors (Lipinski definition) is 5. The van der Waals surface area contributed by atoms with Gasteiger partial charge in [0.1, 0.15) is 5.56 Å². The van der Waals surface area contributed by atoms with Crippen LogP contribution in [0.3, 0.4) is 0 Å². The molecule has 0 aliphatic heterocycles. The van der Waals surface area contributed by atoms with Gasteiger partial charge in [0.2, 0.25) is 0 Å². The van der Waals surface area contributed by atoms with E-state index in [1.807, 2.05) is 0 Å². The lowest BCUT2D eigenvalue weighted by atomic mass is 10.3. The number of hydrogen-bond donors (Lipinski definition) is 2. The molecule has 0 saturated heterocycles. The van der Waals surface area contributed by atoms with Gasteiger partial charge in [0.15, 0.2) is 4.96 Å². The van der Waals surface area contributed by atoms with Gasteiger partial charge in [0, 0.05) is 30.4 Å². The van der Waals surface area contributed by atoms with Gasteiger partial charge < -0.3 is 10.4 Å². The van der Waals surface area contributed by atoms with E-state index in [4.69, 9.17) is 5.11 Å². The van der Waals surface area contributed by atoms with Gasteiger partial charge in [0.25, 0.3) is 11.5 Å². The molecule has 19 heavy (non-hydrogen) atoms. The molecule has 2 rings (SSSR count). The first-order chi connectivity index (χ1) is 9.09. The molecule has 2 aromatic heterocycles. The Morgan fingerprint density at radius 3 is 3.05 bits per heavy atom. The van der Waals surface area contributed by atoms with E-state index in [-0.39, 0.29) is 12.1 Å². The number of carboxylic acids is 1. The minimum Gasteiger partial charge on any atom is -0.478 e. The summed E-state index contributed by atoms with van der Waals surface area (Å²) in [4.78, 5) is 38.4. The summed E-state index contributed by atoms with van der Waals surface area (Å²) < 4.78 is 1.28. The molecule has 0 bridgehead atoms. The Labute approximate surface area is 110 Å². The molecule has 0 aliphatic carbocycles. The van der Waals surface area contributed by atoms with E-state index in [2.05, 4.69) is 10.3 Å². The molecule has 98 valence electrons. The molecular weight excluding hydrogens is 270 g/mol. The first kappa shape index (κ1) is 13.0. The van der Waals surface area contributed by atoms with Crippen molar-refractivity contribution in [2.45, 2.75) is 0 Å². The Morgan fingerprint density at radius 1 is 1.53 bits per heavy atom. The van der Waals surface area contributed by atoms with Gasteiger partial charge in [-0.15, -0.1) is 11.3 Å². The van der Waals surface area contributed by atoms with Crippen molar-refractivity contribution in [2.75, 3.05) is 6.54 Å². The third-order valence-corrected chi connectivity index (χ3v) is 3.00. The van der Waals surface area contributed by atoms with Gasteiger partial charge in [-0.1, -0.05) is 6.08 Å². The Balaban J connectivity index is 2.15. The second-order valence-corrected chi connectivity index (χ2v) is 4.36. The molecule has 8 heteroatoms. The fourth-order valence-electron chi connectivity index (χ4n) is 1.39. The summed E-state index contributed by atoms with van der Waals surface area (Å²) in [5.41, 5.74) is -0.536. The van der Waals surface area contributed by atoms with Crippen LogP contribution in [0, 0.1) is 0 Å². The van der Waals surface area contributed by atoms with Crippen LogP contribution in [0.2, 0.25) is 0 Å². The number of nitrogens with zero attached hydrogens (tertiary/aromatic N) is 2. The number of carboxylic acid groups (broad SMARTS) is 1. The van der Waals surface area contributed by atoms with Crippen molar-refractivity contribution in [2.24, 2.45) is 0 Å². The minimum absolute atomic E-state index is 0.0247. The van der Waals surface area contributed by atoms with E-state index in [1.165, 1.54) is 34.2 Å². The van der Waals surface area contributed by atoms with Crippen LogP contribution < -0.4 is 10.9 Å². The van der Waals surface area contributed by atoms with E-state index in [0.29, 0.717) is 4.96 Å². The summed E-state index contributed by atoms with van der Waals surface area (Å²) in [7, 11) is 0. The van der Waals surface area contributed by atoms with Crippen molar-refractivity contribution in [3.8, 4) is 0 Å². The normalized spacial score (nSPS) is 10.9. The zero-order valence-electron chi connectivity index (χ0n) is 9.57. The molecule has 0 aliphatic rings. The second kappa shape index (κ2) is 5.44. The molecule has 0 aromatic carbocycles. The highest BCUT2D eigenvalue weighted by Crippen LogP contribution is 2.05. The number of fused-ring (bicyclic) bond motifs is 1. The van der Waals surface area contributed by atoms with Crippen LogP contribution in [0.4, 0.5) is 0 Å². The number of amides is 1. The van der Waals surface area contributed by atoms with Gasteiger partial charge >= 0.3 is 5.97 Å². The van der Waals surface area contributed by atoms with Crippen LogP contribution in [-0.2, 0) is 4.79 Å². The van der Waals surface area contributed by atoms with E-state index in [1.54, 1.807) is 5.38 Å². The van der Waals surface area contributed by atoms with E-state index in [9.17, 15) is 14.4 Å².